The number of amides is 2. The highest BCUT2D eigenvalue weighted by atomic mass is 19.3. The third-order valence-electron chi connectivity index (χ3n) is 4.85. The van der Waals surface area contributed by atoms with E-state index in [2.05, 4.69) is 15.6 Å². The van der Waals surface area contributed by atoms with Gasteiger partial charge in [-0.2, -0.15) is 0 Å². The van der Waals surface area contributed by atoms with Crippen molar-refractivity contribution in [2.75, 3.05) is 11.9 Å². The number of halogens is 4. The van der Waals surface area contributed by atoms with Gasteiger partial charge in [-0.15, -0.1) is 0 Å². The van der Waals surface area contributed by atoms with Crippen LogP contribution in [0.5, 0.6) is 0 Å². The molecular weight excluding hydrogens is 366 g/mol. The number of aromatic amines is 1. The van der Waals surface area contributed by atoms with Crippen LogP contribution in [0.4, 0.5) is 23.2 Å². The van der Waals surface area contributed by atoms with E-state index in [0.29, 0.717) is 19.3 Å². The second kappa shape index (κ2) is 7.58. The second-order valence-electron chi connectivity index (χ2n) is 6.81. The zero-order valence-corrected chi connectivity index (χ0v) is 14.4. The summed E-state index contributed by atoms with van der Waals surface area (Å²) in [5.41, 5.74) is 0.428. The molecule has 1 fully saturated rings. The lowest BCUT2D eigenvalue weighted by molar-refractivity contribution is -0.136. The molecule has 0 radical (unpaired) electrons. The van der Waals surface area contributed by atoms with Crippen molar-refractivity contribution in [2.24, 2.45) is 5.92 Å². The van der Waals surface area contributed by atoms with Crippen molar-refractivity contribution in [1.82, 2.24) is 10.3 Å². The van der Waals surface area contributed by atoms with Gasteiger partial charge in [0.05, 0.1) is 11.2 Å². The predicted octanol–water partition coefficient (Wildman–Crippen LogP) is 3.72. The lowest BCUT2D eigenvalue weighted by Gasteiger charge is -2.28. The number of rotatable bonds is 4. The van der Waals surface area contributed by atoms with Gasteiger partial charge >= 0.3 is 11.8 Å². The first kappa shape index (κ1) is 19.2. The topological polar surface area (TPSA) is 74.0 Å². The van der Waals surface area contributed by atoms with Gasteiger partial charge in [0.2, 0.25) is 5.92 Å². The summed E-state index contributed by atoms with van der Waals surface area (Å²) < 4.78 is 52.8. The highest BCUT2D eigenvalue weighted by Gasteiger charge is 2.34. The molecule has 3 N–H and O–H groups in total. The maximum atomic E-state index is 13.4. The van der Waals surface area contributed by atoms with E-state index in [-0.39, 0.29) is 41.9 Å². The number of carbonyl (C=O) groups is 2. The monoisotopic (exact) mass is 385 g/mol. The molecule has 5 nitrogen and oxygen atoms in total. The minimum Gasteiger partial charge on any atom is -0.359 e. The summed E-state index contributed by atoms with van der Waals surface area (Å²) in [6.07, 6.45) is 2.34. The molecular formula is C18H19F4N3O2. The fraction of sp³-hybridized carbons (Fsp3) is 0.444. The van der Waals surface area contributed by atoms with E-state index in [9.17, 15) is 27.2 Å². The van der Waals surface area contributed by atoms with E-state index >= 15 is 0 Å². The van der Waals surface area contributed by atoms with Crippen LogP contribution in [-0.2, 0) is 9.59 Å². The van der Waals surface area contributed by atoms with Crippen molar-refractivity contribution in [3.05, 3.63) is 30.0 Å². The fourth-order valence-electron chi connectivity index (χ4n) is 3.26. The Bertz CT molecular complexity index is 856. The highest BCUT2D eigenvalue weighted by Crippen LogP contribution is 2.37. The summed E-state index contributed by atoms with van der Waals surface area (Å²) in [6.45, 7) is 0.205. The lowest BCUT2D eigenvalue weighted by Crippen LogP contribution is -2.36. The van der Waals surface area contributed by atoms with E-state index in [1.165, 1.54) is 6.20 Å². The Labute approximate surface area is 152 Å². The normalized spacial score (nSPS) is 17.0. The standard InChI is InChI=1S/C18H19F4N3O2/c19-12-7-11-14(8-13(12)20)24-9-15(11)25-17(27)16(26)23-6-3-10-1-4-18(21,22)5-2-10/h7-10,24H,1-6H2,(H,23,26)(H,25,27). The first-order valence-electron chi connectivity index (χ1n) is 8.68. The maximum absolute atomic E-state index is 13.4. The van der Waals surface area contributed by atoms with Gasteiger partial charge in [-0.1, -0.05) is 0 Å². The first-order valence-corrected chi connectivity index (χ1v) is 8.68. The molecule has 2 amide bonds. The van der Waals surface area contributed by atoms with Gasteiger partial charge < -0.3 is 15.6 Å². The highest BCUT2D eigenvalue weighted by molar-refractivity contribution is 6.40. The van der Waals surface area contributed by atoms with Crippen LogP contribution in [0, 0.1) is 17.6 Å². The number of aromatic nitrogens is 1. The molecule has 1 heterocycles. The molecule has 0 bridgehead atoms. The Morgan fingerprint density at radius 2 is 1.78 bits per heavy atom. The third-order valence-corrected chi connectivity index (χ3v) is 4.85. The van der Waals surface area contributed by atoms with Crippen molar-refractivity contribution in [2.45, 2.75) is 38.0 Å². The summed E-state index contributed by atoms with van der Waals surface area (Å²) in [7, 11) is 0. The van der Waals surface area contributed by atoms with E-state index in [0.717, 1.165) is 12.1 Å². The van der Waals surface area contributed by atoms with Gasteiger partial charge in [0.15, 0.2) is 11.6 Å². The lowest BCUT2D eigenvalue weighted by atomic mass is 9.85. The molecule has 1 saturated carbocycles. The Kier molecular flexibility index (Phi) is 5.38. The van der Waals surface area contributed by atoms with Gasteiger partial charge in [0.25, 0.3) is 0 Å². The van der Waals surface area contributed by atoms with Crippen LogP contribution < -0.4 is 10.6 Å². The molecule has 146 valence electrons. The molecule has 0 unspecified atom stereocenters. The smallest absolute Gasteiger partial charge is 0.313 e. The van der Waals surface area contributed by atoms with Gasteiger partial charge in [-0.05, 0) is 31.2 Å². The molecule has 1 aliphatic carbocycles. The molecule has 1 aliphatic rings. The van der Waals surface area contributed by atoms with Crippen LogP contribution >= 0.6 is 0 Å². The van der Waals surface area contributed by atoms with Gasteiger partial charge in [0.1, 0.15) is 0 Å². The summed E-state index contributed by atoms with van der Waals surface area (Å²) in [6, 6.07) is 1.88. The number of fused-ring (bicyclic) bond motifs is 1. The molecule has 1 aromatic carbocycles. The molecule has 0 saturated heterocycles. The van der Waals surface area contributed by atoms with Crippen molar-refractivity contribution >= 4 is 28.4 Å². The molecule has 3 rings (SSSR count). The molecule has 2 aromatic rings. The van der Waals surface area contributed by atoms with Crippen LogP contribution in [0.25, 0.3) is 10.9 Å². The quantitative estimate of drug-likeness (QED) is 0.554. The Balaban J connectivity index is 1.50. The average molecular weight is 385 g/mol. The number of hydrogen-bond acceptors (Lipinski definition) is 2. The maximum Gasteiger partial charge on any atom is 0.313 e. The second-order valence-corrected chi connectivity index (χ2v) is 6.81. The van der Waals surface area contributed by atoms with Crippen LogP contribution in [0.15, 0.2) is 18.3 Å². The number of benzene rings is 1. The first-order chi connectivity index (χ1) is 12.7. The number of hydrogen-bond donors (Lipinski definition) is 3. The number of alkyl halides is 2. The number of anilines is 1. The minimum atomic E-state index is -2.60. The van der Waals surface area contributed by atoms with E-state index < -0.39 is 29.4 Å². The van der Waals surface area contributed by atoms with Crippen LogP contribution in [0.3, 0.4) is 0 Å². The molecule has 27 heavy (non-hydrogen) atoms. The number of carbonyl (C=O) groups excluding carboxylic acids is 2. The summed E-state index contributed by atoms with van der Waals surface area (Å²) in [5, 5.41) is 5.02. The van der Waals surface area contributed by atoms with Crippen molar-refractivity contribution < 1.29 is 27.2 Å². The molecule has 1 aromatic heterocycles. The van der Waals surface area contributed by atoms with Crippen molar-refractivity contribution in [3.8, 4) is 0 Å². The molecule has 0 spiro atoms. The van der Waals surface area contributed by atoms with E-state index in [1.54, 1.807) is 0 Å². The Morgan fingerprint density at radius 1 is 1.11 bits per heavy atom. The minimum absolute atomic E-state index is 0.0967. The summed E-state index contributed by atoms with van der Waals surface area (Å²) in [4.78, 5) is 26.5. The third kappa shape index (κ3) is 4.58. The number of nitrogens with one attached hydrogen (secondary N) is 3. The Morgan fingerprint density at radius 3 is 2.48 bits per heavy atom. The van der Waals surface area contributed by atoms with Crippen molar-refractivity contribution in [3.63, 3.8) is 0 Å². The predicted molar refractivity (Wildman–Crippen MR) is 91.4 cm³/mol. The zero-order valence-electron chi connectivity index (χ0n) is 14.4. The van der Waals surface area contributed by atoms with Crippen molar-refractivity contribution in [1.29, 1.82) is 0 Å². The zero-order chi connectivity index (χ0) is 19.6. The Hall–Kier alpha value is -2.58. The van der Waals surface area contributed by atoms with Gasteiger partial charge in [0, 0.05) is 37.0 Å². The van der Waals surface area contributed by atoms with Gasteiger partial charge in [-0.25, -0.2) is 17.6 Å². The molecule has 9 heteroatoms. The summed E-state index contributed by atoms with van der Waals surface area (Å²) >= 11 is 0. The van der Waals surface area contributed by atoms with Crippen LogP contribution in [0.1, 0.15) is 32.1 Å². The van der Waals surface area contributed by atoms with E-state index in [1.807, 2.05) is 0 Å². The molecule has 0 aliphatic heterocycles. The van der Waals surface area contributed by atoms with Crippen LogP contribution in [0.2, 0.25) is 0 Å². The molecule has 0 atom stereocenters. The van der Waals surface area contributed by atoms with Gasteiger partial charge in [-0.3, -0.25) is 9.59 Å². The largest absolute Gasteiger partial charge is 0.359 e. The van der Waals surface area contributed by atoms with Crippen LogP contribution in [-0.4, -0.2) is 29.3 Å². The SMILES string of the molecule is O=C(NCCC1CCC(F)(F)CC1)C(=O)Nc1c[nH]c2cc(F)c(F)cc12. The summed E-state index contributed by atoms with van der Waals surface area (Å²) in [5.74, 6) is -6.43. The average Bonchev–Trinajstić information content (AvgIpc) is 2.98. The fourth-order valence-corrected chi connectivity index (χ4v) is 3.26. The number of H-pyrrole nitrogens is 1. The van der Waals surface area contributed by atoms with E-state index in [4.69, 9.17) is 0 Å².